The predicted molar refractivity (Wildman–Crippen MR) is 349 cm³/mol. The van der Waals surface area contributed by atoms with Crippen LogP contribution in [0.15, 0.2) is 0 Å². The summed E-state index contributed by atoms with van der Waals surface area (Å²) >= 11 is 0. The van der Waals surface area contributed by atoms with E-state index in [0.29, 0.717) is 25.7 Å². The van der Waals surface area contributed by atoms with Gasteiger partial charge in [-0.05, 0) is 25.7 Å². The molecule has 0 aromatic heterocycles. The van der Waals surface area contributed by atoms with E-state index in [4.69, 9.17) is 37.0 Å². The summed E-state index contributed by atoms with van der Waals surface area (Å²) in [5.74, 6) is -2.13. The molecule has 516 valence electrons. The second kappa shape index (κ2) is 62.8. The van der Waals surface area contributed by atoms with Gasteiger partial charge in [-0.25, -0.2) is 9.13 Å². The van der Waals surface area contributed by atoms with E-state index in [9.17, 15) is 43.2 Å². The molecule has 0 spiro atoms. The van der Waals surface area contributed by atoms with Gasteiger partial charge in [0.15, 0.2) is 12.2 Å². The monoisotopic (exact) mass is 1280 g/mol. The Labute approximate surface area is 530 Å². The average molecular weight is 1280 g/mol. The van der Waals surface area contributed by atoms with Crippen LogP contribution >= 0.6 is 15.6 Å². The summed E-state index contributed by atoms with van der Waals surface area (Å²) in [7, 11) is -9.89. The highest BCUT2D eigenvalue weighted by Gasteiger charge is 2.30. The molecule has 0 saturated carbocycles. The number of unbranched alkanes of at least 4 members (excludes halogenated alkanes) is 43. The van der Waals surface area contributed by atoms with Gasteiger partial charge in [-0.3, -0.25) is 37.3 Å². The number of rotatable bonds is 69. The number of aliphatic hydroxyl groups excluding tert-OH is 1. The third-order valence-corrected chi connectivity index (χ3v) is 17.8. The average Bonchev–Trinajstić information content (AvgIpc) is 3.50. The second-order valence-electron chi connectivity index (χ2n) is 24.6. The highest BCUT2D eigenvalue weighted by Crippen LogP contribution is 2.45. The van der Waals surface area contributed by atoms with E-state index in [1.54, 1.807) is 0 Å². The molecule has 0 aliphatic rings. The molecule has 17 nitrogen and oxygen atoms in total. The Morgan fingerprint density at radius 3 is 0.678 bits per heavy atom. The van der Waals surface area contributed by atoms with Crippen molar-refractivity contribution in [1.29, 1.82) is 0 Å². The van der Waals surface area contributed by atoms with Crippen LogP contribution in [-0.4, -0.2) is 96.7 Å². The fraction of sp³-hybridized carbons (Fsp3) is 0.941. The molecule has 0 saturated heterocycles. The molecule has 0 aliphatic heterocycles. The van der Waals surface area contributed by atoms with E-state index < -0.39 is 97.5 Å². The fourth-order valence-corrected chi connectivity index (χ4v) is 11.9. The van der Waals surface area contributed by atoms with Crippen LogP contribution < -0.4 is 0 Å². The molecule has 0 amide bonds. The Kier molecular flexibility index (Phi) is 61.4. The molecular formula is C68H132O17P2. The van der Waals surface area contributed by atoms with Crippen molar-refractivity contribution in [3.63, 3.8) is 0 Å². The highest BCUT2D eigenvalue weighted by atomic mass is 31.2. The number of phosphoric ester groups is 2. The largest absolute Gasteiger partial charge is 0.472 e. The molecule has 0 fully saturated rings. The number of phosphoric acid groups is 2. The minimum Gasteiger partial charge on any atom is -0.462 e. The molecule has 2 unspecified atom stereocenters. The molecular weight excluding hydrogens is 1150 g/mol. The van der Waals surface area contributed by atoms with E-state index in [1.807, 2.05) is 0 Å². The van der Waals surface area contributed by atoms with Crippen molar-refractivity contribution in [3.05, 3.63) is 0 Å². The Bertz CT molecular complexity index is 1670. The SMILES string of the molecule is CCCCCCCCCCCCCCCCCCCCC(=O)O[C@H](COC(=O)CCCCCCCCCCCCC)COP(=O)(O)OC[C@@H](O)COP(=O)(O)OC[C@@H](COC(=O)CCCCCCCCCC)OC(=O)CCCCCCCCCCCC. The molecule has 3 N–H and O–H groups in total. The van der Waals surface area contributed by atoms with E-state index in [1.165, 1.54) is 180 Å². The van der Waals surface area contributed by atoms with E-state index in [-0.39, 0.29) is 25.7 Å². The molecule has 0 aliphatic carbocycles. The van der Waals surface area contributed by atoms with E-state index in [2.05, 4.69) is 27.7 Å². The van der Waals surface area contributed by atoms with Crippen molar-refractivity contribution >= 4 is 39.5 Å². The molecule has 19 heteroatoms. The lowest BCUT2D eigenvalue weighted by Gasteiger charge is -2.21. The smallest absolute Gasteiger partial charge is 0.462 e. The third-order valence-electron chi connectivity index (χ3n) is 15.9. The van der Waals surface area contributed by atoms with Gasteiger partial charge < -0.3 is 33.8 Å². The zero-order chi connectivity index (χ0) is 64.0. The minimum absolute atomic E-state index is 0.107. The fourth-order valence-electron chi connectivity index (χ4n) is 10.3. The van der Waals surface area contributed by atoms with Crippen molar-refractivity contribution in [2.75, 3.05) is 39.6 Å². The van der Waals surface area contributed by atoms with Crippen LogP contribution in [0, 0.1) is 0 Å². The second-order valence-corrected chi connectivity index (χ2v) is 27.5. The number of hydrogen-bond acceptors (Lipinski definition) is 15. The summed E-state index contributed by atoms with van der Waals surface area (Å²) in [5.41, 5.74) is 0. The van der Waals surface area contributed by atoms with Gasteiger partial charge in [0.2, 0.25) is 0 Å². The quantitative estimate of drug-likeness (QED) is 0.0222. The number of hydrogen-bond donors (Lipinski definition) is 3. The van der Waals surface area contributed by atoms with Crippen LogP contribution in [0.25, 0.3) is 0 Å². The summed E-state index contributed by atoms with van der Waals surface area (Å²) in [6.45, 7) is 4.89. The van der Waals surface area contributed by atoms with Gasteiger partial charge in [0.1, 0.15) is 19.3 Å². The lowest BCUT2D eigenvalue weighted by atomic mass is 10.0. The maximum atomic E-state index is 13.0. The molecule has 0 bridgehead atoms. The first-order valence-corrected chi connectivity index (χ1v) is 38.8. The zero-order valence-corrected chi connectivity index (χ0v) is 57.8. The number of carbonyl (C=O) groups is 4. The van der Waals surface area contributed by atoms with E-state index >= 15 is 0 Å². The van der Waals surface area contributed by atoms with Gasteiger partial charge in [0.25, 0.3) is 0 Å². The predicted octanol–water partition coefficient (Wildman–Crippen LogP) is 19.5. The van der Waals surface area contributed by atoms with Gasteiger partial charge in [0.05, 0.1) is 26.4 Å². The van der Waals surface area contributed by atoms with Gasteiger partial charge in [-0.2, -0.15) is 0 Å². The van der Waals surface area contributed by atoms with Crippen LogP contribution in [0.5, 0.6) is 0 Å². The highest BCUT2D eigenvalue weighted by molar-refractivity contribution is 7.47. The van der Waals surface area contributed by atoms with Gasteiger partial charge in [-0.15, -0.1) is 0 Å². The number of aliphatic hydroxyl groups is 1. The minimum atomic E-state index is -4.95. The Hall–Kier alpha value is -1.94. The molecule has 0 heterocycles. The van der Waals surface area contributed by atoms with Gasteiger partial charge in [0, 0.05) is 25.7 Å². The lowest BCUT2D eigenvalue weighted by molar-refractivity contribution is -0.161. The summed E-state index contributed by atoms with van der Waals surface area (Å²) in [6.07, 6.45) is 50.0. The summed E-state index contributed by atoms with van der Waals surface area (Å²) in [4.78, 5) is 72.3. The maximum absolute atomic E-state index is 13.0. The van der Waals surface area contributed by atoms with Crippen LogP contribution in [-0.2, 0) is 65.4 Å². The first kappa shape index (κ1) is 85.1. The van der Waals surface area contributed by atoms with Crippen molar-refractivity contribution in [2.45, 2.75) is 373 Å². The summed E-state index contributed by atoms with van der Waals surface area (Å²) in [5, 5.41) is 10.6. The molecule has 0 radical (unpaired) electrons. The normalized spacial score (nSPS) is 14.1. The van der Waals surface area contributed by atoms with Crippen molar-refractivity contribution in [2.24, 2.45) is 0 Å². The van der Waals surface area contributed by atoms with E-state index in [0.717, 1.165) is 96.3 Å². The Morgan fingerprint density at radius 2 is 0.460 bits per heavy atom. The Morgan fingerprint density at radius 1 is 0.276 bits per heavy atom. The van der Waals surface area contributed by atoms with Crippen LogP contribution in [0.4, 0.5) is 0 Å². The third kappa shape index (κ3) is 62.6. The first-order valence-electron chi connectivity index (χ1n) is 35.8. The Balaban J connectivity index is 5.18. The summed E-state index contributed by atoms with van der Waals surface area (Å²) in [6, 6.07) is 0. The lowest BCUT2D eigenvalue weighted by Crippen LogP contribution is -2.30. The molecule has 5 atom stereocenters. The van der Waals surface area contributed by atoms with Crippen molar-refractivity contribution < 1.29 is 80.2 Å². The number of esters is 4. The molecule has 87 heavy (non-hydrogen) atoms. The number of ether oxygens (including phenoxy) is 4. The van der Waals surface area contributed by atoms with Crippen molar-refractivity contribution in [1.82, 2.24) is 0 Å². The van der Waals surface area contributed by atoms with Crippen molar-refractivity contribution in [3.8, 4) is 0 Å². The van der Waals surface area contributed by atoms with Crippen LogP contribution in [0.2, 0.25) is 0 Å². The molecule has 0 rings (SSSR count). The van der Waals surface area contributed by atoms with Crippen LogP contribution in [0.1, 0.15) is 355 Å². The topological polar surface area (TPSA) is 237 Å². The maximum Gasteiger partial charge on any atom is 0.472 e. The summed E-state index contributed by atoms with van der Waals surface area (Å²) < 4.78 is 68.1. The van der Waals surface area contributed by atoms with Gasteiger partial charge in [-0.1, -0.05) is 304 Å². The standard InChI is InChI=1S/C68H132O17P2/c1-5-9-13-17-21-25-28-29-30-31-32-33-34-36-39-43-47-51-55-68(73)85-64(59-79-66(71)53-49-45-41-38-35-26-22-18-14-10-6-2)61-83-87(76,77)81-57-62(69)56-80-86(74,75)82-60-63(58-78-65(70)52-48-44-40-24-20-16-12-8-4)84-67(72)54-50-46-42-37-27-23-19-15-11-7-3/h62-64,69H,5-61H2,1-4H3,(H,74,75)(H,76,77)/t62-,63+,64+/m0/s1. The molecule has 0 aromatic carbocycles. The number of carbonyl (C=O) groups excluding carboxylic acids is 4. The molecule has 0 aromatic rings. The zero-order valence-electron chi connectivity index (χ0n) is 56.0. The first-order chi connectivity index (χ1) is 42.2. The van der Waals surface area contributed by atoms with Gasteiger partial charge >= 0.3 is 39.5 Å². The van der Waals surface area contributed by atoms with Crippen LogP contribution in [0.3, 0.4) is 0 Å².